The summed E-state index contributed by atoms with van der Waals surface area (Å²) >= 11 is 5.23. The molecule has 1 aliphatic carbocycles. The maximum absolute atomic E-state index is 11.1. The summed E-state index contributed by atoms with van der Waals surface area (Å²) in [5.74, 6) is 1.14. The van der Waals surface area contributed by atoms with Gasteiger partial charge in [0, 0.05) is 34.1 Å². The van der Waals surface area contributed by atoms with E-state index in [-0.39, 0.29) is 0 Å². The molecule has 4 heteroatoms. The van der Waals surface area contributed by atoms with Crippen LogP contribution in [-0.2, 0) is 11.3 Å². The Morgan fingerprint density at radius 2 is 2.19 bits per heavy atom. The summed E-state index contributed by atoms with van der Waals surface area (Å²) in [4.78, 5) is 12.4. The third kappa shape index (κ3) is 3.68. The van der Waals surface area contributed by atoms with Crippen LogP contribution in [0.25, 0.3) is 0 Å². The van der Waals surface area contributed by atoms with Crippen LogP contribution in [0.1, 0.15) is 30.6 Å². The van der Waals surface area contributed by atoms with Crippen LogP contribution in [0, 0.1) is 5.92 Å². The molecule has 0 aromatic carbocycles. The lowest BCUT2D eigenvalue weighted by Crippen LogP contribution is -2.25. The van der Waals surface area contributed by atoms with Crippen molar-refractivity contribution < 1.29 is 4.79 Å². The monoisotopic (exact) mass is 301 g/mol. The Morgan fingerprint density at radius 1 is 1.44 bits per heavy atom. The molecule has 16 heavy (non-hydrogen) atoms. The van der Waals surface area contributed by atoms with Gasteiger partial charge in [-0.1, -0.05) is 0 Å². The van der Waals surface area contributed by atoms with Gasteiger partial charge in [0.15, 0.2) is 0 Å². The predicted molar refractivity (Wildman–Crippen MR) is 70.7 cm³/mol. The van der Waals surface area contributed by atoms with Gasteiger partial charge in [-0.15, -0.1) is 11.3 Å². The SMILES string of the molecule is O=C1CCC(CNCc2cc(Br)cs2)CC1. The fourth-order valence-electron chi connectivity index (χ4n) is 2.05. The van der Waals surface area contributed by atoms with Crippen molar-refractivity contribution in [2.24, 2.45) is 5.92 Å². The Hall–Kier alpha value is -0.190. The smallest absolute Gasteiger partial charge is 0.132 e. The van der Waals surface area contributed by atoms with E-state index in [1.165, 1.54) is 4.88 Å². The molecular weight excluding hydrogens is 286 g/mol. The zero-order chi connectivity index (χ0) is 11.4. The topological polar surface area (TPSA) is 29.1 Å². The lowest BCUT2D eigenvalue weighted by molar-refractivity contribution is -0.120. The molecular formula is C12H16BrNOS. The van der Waals surface area contributed by atoms with Crippen LogP contribution in [-0.4, -0.2) is 12.3 Å². The summed E-state index contributed by atoms with van der Waals surface area (Å²) in [6.07, 6.45) is 3.72. The van der Waals surface area contributed by atoms with Crippen LogP contribution >= 0.6 is 27.3 Å². The molecule has 1 heterocycles. The molecule has 2 nitrogen and oxygen atoms in total. The van der Waals surface area contributed by atoms with Gasteiger partial charge >= 0.3 is 0 Å². The molecule has 0 aliphatic heterocycles. The van der Waals surface area contributed by atoms with E-state index in [0.29, 0.717) is 11.7 Å². The minimum Gasteiger partial charge on any atom is -0.312 e. The van der Waals surface area contributed by atoms with Crippen molar-refractivity contribution in [3.8, 4) is 0 Å². The van der Waals surface area contributed by atoms with Crippen LogP contribution < -0.4 is 5.32 Å². The molecule has 0 amide bonds. The highest BCUT2D eigenvalue weighted by molar-refractivity contribution is 9.10. The molecule has 1 aromatic heterocycles. The first-order valence-electron chi connectivity index (χ1n) is 5.69. The summed E-state index contributed by atoms with van der Waals surface area (Å²) in [7, 11) is 0. The molecule has 0 saturated heterocycles. The lowest BCUT2D eigenvalue weighted by atomic mass is 9.88. The molecule has 0 unspecified atom stereocenters. The average Bonchev–Trinajstić information content (AvgIpc) is 2.67. The largest absolute Gasteiger partial charge is 0.312 e. The van der Waals surface area contributed by atoms with E-state index in [2.05, 4.69) is 32.7 Å². The van der Waals surface area contributed by atoms with Crippen molar-refractivity contribution >= 4 is 33.0 Å². The predicted octanol–water partition coefficient (Wildman–Crippen LogP) is 3.36. The summed E-state index contributed by atoms with van der Waals surface area (Å²) in [6, 6.07) is 2.15. The molecule has 88 valence electrons. The number of hydrogen-bond acceptors (Lipinski definition) is 3. The minimum absolute atomic E-state index is 0.443. The van der Waals surface area contributed by atoms with Gasteiger partial charge in [0.25, 0.3) is 0 Å². The van der Waals surface area contributed by atoms with E-state index >= 15 is 0 Å². The quantitative estimate of drug-likeness (QED) is 0.924. The second kappa shape index (κ2) is 5.94. The first kappa shape index (κ1) is 12.3. The number of thiophene rings is 1. The van der Waals surface area contributed by atoms with Crippen molar-refractivity contribution in [1.29, 1.82) is 0 Å². The molecule has 1 N–H and O–H groups in total. The number of carbonyl (C=O) groups is 1. The Morgan fingerprint density at radius 3 is 2.81 bits per heavy atom. The summed E-state index contributed by atoms with van der Waals surface area (Å²) in [6.45, 7) is 1.99. The van der Waals surface area contributed by atoms with Gasteiger partial charge in [-0.3, -0.25) is 4.79 Å². The normalized spacial score (nSPS) is 17.9. The third-order valence-electron chi connectivity index (χ3n) is 3.02. The van der Waals surface area contributed by atoms with E-state index in [9.17, 15) is 4.79 Å². The van der Waals surface area contributed by atoms with Gasteiger partial charge in [0.2, 0.25) is 0 Å². The lowest BCUT2D eigenvalue weighted by Gasteiger charge is -2.20. The Kier molecular flexibility index (Phi) is 4.55. The summed E-state index contributed by atoms with van der Waals surface area (Å²) in [5, 5.41) is 5.59. The third-order valence-corrected chi connectivity index (χ3v) is 4.71. The standard InChI is InChI=1S/C12H16BrNOS/c13-10-5-12(16-8-10)7-14-6-9-1-3-11(15)4-2-9/h5,8-9,14H,1-4,6-7H2. The van der Waals surface area contributed by atoms with Gasteiger partial charge in [0.1, 0.15) is 5.78 Å². The van der Waals surface area contributed by atoms with E-state index in [1.54, 1.807) is 11.3 Å². The number of halogens is 1. The maximum atomic E-state index is 11.1. The first-order chi connectivity index (χ1) is 7.74. The fourth-order valence-corrected chi connectivity index (χ4v) is 3.47. The van der Waals surface area contributed by atoms with Gasteiger partial charge < -0.3 is 5.32 Å². The molecule has 0 atom stereocenters. The van der Waals surface area contributed by atoms with E-state index in [1.807, 2.05) is 0 Å². The van der Waals surface area contributed by atoms with Crippen molar-refractivity contribution in [3.63, 3.8) is 0 Å². The highest BCUT2D eigenvalue weighted by atomic mass is 79.9. The molecule has 0 spiro atoms. The molecule has 2 rings (SSSR count). The fraction of sp³-hybridized carbons (Fsp3) is 0.583. The highest BCUT2D eigenvalue weighted by Gasteiger charge is 2.17. The number of ketones is 1. The zero-order valence-electron chi connectivity index (χ0n) is 9.17. The summed E-state index contributed by atoms with van der Waals surface area (Å²) in [5.41, 5.74) is 0. The number of rotatable bonds is 4. The van der Waals surface area contributed by atoms with Gasteiger partial charge in [-0.2, -0.15) is 0 Å². The van der Waals surface area contributed by atoms with E-state index in [0.717, 1.165) is 43.2 Å². The molecule has 1 fully saturated rings. The van der Waals surface area contributed by atoms with E-state index < -0.39 is 0 Å². The molecule has 0 radical (unpaired) electrons. The van der Waals surface area contributed by atoms with Crippen LogP contribution in [0.15, 0.2) is 15.9 Å². The number of hydrogen-bond donors (Lipinski definition) is 1. The van der Waals surface area contributed by atoms with Crippen LogP contribution in [0.4, 0.5) is 0 Å². The Labute approximate surface area is 109 Å². The summed E-state index contributed by atoms with van der Waals surface area (Å²) < 4.78 is 1.16. The van der Waals surface area contributed by atoms with Crippen molar-refractivity contribution in [2.75, 3.05) is 6.54 Å². The number of nitrogens with one attached hydrogen (secondary N) is 1. The maximum Gasteiger partial charge on any atom is 0.132 e. The second-order valence-corrected chi connectivity index (χ2v) is 6.26. The van der Waals surface area contributed by atoms with E-state index in [4.69, 9.17) is 0 Å². The van der Waals surface area contributed by atoms with Crippen LogP contribution in [0.3, 0.4) is 0 Å². The highest BCUT2D eigenvalue weighted by Crippen LogP contribution is 2.22. The molecule has 1 aromatic rings. The van der Waals surface area contributed by atoms with Gasteiger partial charge in [-0.05, 0) is 47.3 Å². The zero-order valence-corrected chi connectivity index (χ0v) is 11.6. The molecule has 1 aliphatic rings. The Balaban J connectivity index is 1.66. The average molecular weight is 302 g/mol. The van der Waals surface area contributed by atoms with Crippen LogP contribution in [0.2, 0.25) is 0 Å². The van der Waals surface area contributed by atoms with Gasteiger partial charge in [-0.25, -0.2) is 0 Å². The molecule has 0 bridgehead atoms. The van der Waals surface area contributed by atoms with Crippen molar-refractivity contribution in [2.45, 2.75) is 32.2 Å². The second-order valence-electron chi connectivity index (χ2n) is 4.34. The molecule has 1 saturated carbocycles. The minimum atomic E-state index is 0.443. The van der Waals surface area contributed by atoms with Crippen molar-refractivity contribution in [3.05, 3.63) is 20.8 Å². The Bertz CT molecular complexity index is 354. The number of carbonyl (C=O) groups excluding carboxylic acids is 1. The van der Waals surface area contributed by atoms with Crippen LogP contribution in [0.5, 0.6) is 0 Å². The van der Waals surface area contributed by atoms with Crippen molar-refractivity contribution in [1.82, 2.24) is 5.32 Å². The first-order valence-corrected chi connectivity index (χ1v) is 7.36. The number of Topliss-reactive ketones (excluding diaryl/α,β-unsaturated/α-hetero) is 1. The van der Waals surface area contributed by atoms with Gasteiger partial charge in [0.05, 0.1) is 0 Å².